The third-order valence-electron chi connectivity index (χ3n) is 7.60. The average molecular weight is 307 g/mol. The highest BCUT2D eigenvalue weighted by atomic mass is 15.1. The van der Waals surface area contributed by atoms with Crippen molar-refractivity contribution in [2.24, 2.45) is 35.5 Å². The molecule has 0 N–H and O–H groups in total. The number of fused-ring (bicyclic) bond motifs is 5. The zero-order valence-electron chi connectivity index (χ0n) is 15.8. The van der Waals surface area contributed by atoms with Gasteiger partial charge in [0, 0.05) is 25.2 Å². The Morgan fingerprint density at radius 3 is 1.95 bits per heavy atom. The van der Waals surface area contributed by atoms with E-state index in [2.05, 4.69) is 51.6 Å². The van der Waals surface area contributed by atoms with Crippen LogP contribution in [0.1, 0.15) is 53.4 Å². The molecule has 0 aromatic heterocycles. The summed E-state index contributed by atoms with van der Waals surface area (Å²) in [5.41, 5.74) is 0. The van der Waals surface area contributed by atoms with Crippen molar-refractivity contribution in [2.75, 3.05) is 27.2 Å². The second-order valence-corrected chi connectivity index (χ2v) is 9.30. The highest BCUT2D eigenvalue weighted by Crippen LogP contribution is 2.62. The van der Waals surface area contributed by atoms with Crippen LogP contribution in [0.15, 0.2) is 0 Å². The van der Waals surface area contributed by atoms with Crippen LogP contribution in [0.2, 0.25) is 0 Å². The monoisotopic (exact) mass is 306 g/mol. The normalized spacial score (nSPS) is 40.6. The lowest BCUT2D eigenvalue weighted by molar-refractivity contribution is 0.0959. The molecule has 2 bridgehead atoms. The van der Waals surface area contributed by atoms with Gasteiger partial charge >= 0.3 is 0 Å². The van der Waals surface area contributed by atoms with E-state index in [4.69, 9.17) is 0 Å². The van der Waals surface area contributed by atoms with E-state index in [1.54, 1.807) is 6.42 Å². The van der Waals surface area contributed by atoms with Crippen LogP contribution in [0.4, 0.5) is 0 Å². The number of nitrogens with zero attached hydrogens (tertiary/aromatic N) is 2. The lowest BCUT2D eigenvalue weighted by Crippen LogP contribution is -2.40. The highest BCUT2D eigenvalue weighted by molar-refractivity contribution is 5.06. The van der Waals surface area contributed by atoms with Crippen molar-refractivity contribution < 1.29 is 0 Å². The molecule has 6 unspecified atom stereocenters. The van der Waals surface area contributed by atoms with Crippen LogP contribution in [0.3, 0.4) is 0 Å². The molecular formula is C20H38N2. The minimum Gasteiger partial charge on any atom is -0.304 e. The van der Waals surface area contributed by atoms with Crippen molar-refractivity contribution in [2.45, 2.75) is 65.5 Å². The van der Waals surface area contributed by atoms with Gasteiger partial charge in [-0.15, -0.1) is 0 Å². The molecule has 0 heterocycles. The summed E-state index contributed by atoms with van der Waals surface area (Å²) in [5.74, 6) is 6.25. The van der Waals surface area contributed by atoms with Gasteiger partial charge in [-0.1, -0.05) is 0 Å². The predicted molar refractivity (Wildman–Crippen MR) is 94.9 cm³/mol. The van der Waals surface area contributed by atoms with Crippen molar-refractivity contribution in [3.8, 4) is 0 Å². The fraction of sp³-hybridized carbons (Fsp3) is 1.00. The summed E-state index contributed by atoms with van der Waals surface area (Å²) in [4.78, 5) is 5.18. The van der Waals surface area contributed by atoms with Crippen LogP contribution in [-0.4, -0.2) is 49.1 Å². The molecule has 0 aromatic carbocycles. The summed E-state index contributed by atoms with van der Waals surface area (Å²) in [6.07, 6.45) is 6.14. The van der Waals surface area contributed by atoms with Crippen molar-refractivity contribution in [1.29, 1.82) is 0 Å². The van der Waals surface area contributed by atoms with Crippen molar-refractivity contribution >= 4 is 0 Å². The first-order chi connectivity index (χ1) is 10.4. The van der Waals surface area contributed by atoms with Crippen molar-refractivity contribution in [3.63, 3.8) is 0 Å². The molecular weight excluding hydrogens is 268 g/mol. The largest absolute Gasteiger partial charge is 0.304 e. The molecule has 0 aliphatic heterocycles. The third-order valence-corrected chi connectivity index (χ3v) is 7.60. The maximum absolute atomic E-state index is 2.59. The van der Waals surface area contributed by atoms with E-state index in [9.17, 15) is 0 Å². The van der Waals surface area contributed by atoms with Crippen LogP contribution in [0.5, 0.6) is 0 Å². The lowest BCUT2D eigenvalue weighted by atomic mass is 9.72. The Hall–Kier alpha value is -0.0800. The summed E-state index contributed by atoms with van der Waals surface area (Å²) in [7, 11) is 4.65. The molecule has 0 radical (unpaired) electrons. The van der Waals surface area contributed by atoms with Gasteiger partial charge in [0.15, 0.2) is 0 Å². The van der Waals surface area contributed by atoms with Crippen LogP contribution in [-0.2, 0) is 0 Å². The van der Waals surface area contributed by atoms with E-state index >= 15 is 0 Å². The Morgan fingerprint density at radius 1 is 0.773 bits per heavy atom. The summed E-state index contributed by atoms with van der Waals surface area (Å²) in [6.45, 7) is 12.0. The maximum atomic E-state index is 2.59. The molecule has 2 heteroatoms. The van der Waals surface area contributed by atoms with Crippen LogP contribution in [0.25, 0.3) is 0 Å². The third kappa shape index (κ3) is 2.98. The maximum Gasteiger partial charge on any atom is 0.00356 e. The SMILES string of the molecule is CC(C)N(C)CC1CC2CC1C1C(CN(C)C(C)C)CCC21. The van der Waals surface area contributed by atoms with E-state index in [-0.39, 0.29) is 0 Å². The van der Waals surface area contributed by atoms with Crippen molar-refractivity contribution in [3.05, 3.63) is 0 Å². The molecule has 0 saturated heterocycles. The van der Waals surface area contributed by atoms with E-state index in [1.165, 1.54) is 32.4 Å². The first kappa shape index (κ1) is 16.8. The Balaban J connectivity index is 1.64. The fourth-order valence-corrected chi connectivity index (χ4v) is 5.97. The van der Waals surface area contributed by atoms with Gasteiger partial charge in [-0.2, -0.15) is 0 Å². The summed E-state index contributed by atoms with van der Waals surface area (Å²) in [5, 5.41) is 0. The molecule has 0 aromatic rings. The summed E-state index contributed by atoms with van der Waals surface area (Å²) in [6, 6.07) is 1.39. The van der Waals surface area contributed by atoms with Crippen LogP contribution >= 0.6 is 0 Å². The molecule has 0 amide bonds. The molecule has 3 fully saturated rings. The van der Waals surface area contributed by atoms with Crippen LogP contribution < -0.4 is 0 Å². The van der Waals surface area contributed by atoms with Gasteiger partial charge in [-0.25, -0.2) is 0 Å². The smallest absolute Gasteiger partial charge is 0.00356 e. The molecule has 128 valence electrons. The Kier molecular flexibility index (Phi) is 4.90. The van der Waals surface area contributed by atoms with E-state index in [1.807, 2.05) is 0 Å². The molecule has 22 heavy (non-hydrogen) atoms. The van der Waals surface area contributed by atoms with Gasteiger partial charge in [0.25, 0.3) is 0 Å². The number of rotatable bonds is 6. The molecule has 6 atom stereocenters. The van der Waals surface area contributed by atoms with E-state index < -0.39 is 0 Å². The first-order valence-corrected chi connectivity index (χ1v) is 9.79. The summed E-state index contributed by atoms with van der Waals surface area (Å²) < 4.78 is 0. The second-order valence-electron chi connectivity index (χ2n) is 9.30. The van der Waals surface area contributed by atoms with Gasteiger partial charge in [0.05, 0.1) is 0 Å². The zero-order chi connectivity index (χ0) is 16.0. The average Bonchev–Trinajstić information content (AvgIpc) is 3.10. The molecule has 2 nitrogen and oxygen atoms in total. The molecule has 3 aliphatic rings. The van der Waals surface area contributed by atoms with Gasteiger partial charge in [0.1, 0.15) is 0 Å². The molecule has 3 aliphatic carbocycles. The molecule has 0 spiro atoms. The number of hydrogen-bond acceptors (Lipinski definition) is 2. The van der Waals surface area contributed by atoms with Crippen LogP contribution in [0, 0.1) is 35.5 Å². The number of hydrogen-bond donors (Lipinski definition) is 0. The van der Waals surface area contributed by atoms with E-state index in [0.717, 1.165) is 35.5 Å². The zero-order valence-corrected chi connectivity index (χ0v) is 15.8. The molecule has 3 saturated carbocycles. The fourth-order valence-electron chi connectivity index (χ4n) is 5.97. The standard InChI is InChI=1S/C20H38N2/c1-13(2)21(5)11-15-7-8-18-16-9-17(12-22(6)14(3)4)19(10-16)20(15)18/h13-20H,7-12H2,1-6H3. The lowest BCUT2D eigenvalue weighted by Gasteiger charge is -2.38. The van der Waals surface area contributed by atoms with Gasteiger partial charge in [-0.3, -0.25) is 0 Å². The Labute approximate surface area is 138 Å². The van der Waals surface area contributed by atoms with Gasteiger partial charge < -0.3 is 9.80 Å². The van der Waals surface area contributed by atoms with Crippen molar-refractivity contribution in [1.82, 2.24) is 9.80 Å². The summed E-state index contributed by atoms with van der Waals surface area (Å²) >= 11 is 0. The first-order valence-electron chi connectivity index (χ1n) is 9.79. The highest BCUT2D eigenvalue weighted by Gasteiger charge is 2.56. The predicted octanol–water partition coefficient (Wildman–Crippen LogP) is 3.97. The van der Waals surface area contributed by atoms with Gasteiger partial charge in [0.2, 0.25) is 0 Å². The van der Waals surface area contributed by atoms with Gasteiger partial charge in [-0.05, 0) is 103 Å². The van der Waals surface area contributed by atoms with E-state index in [0.29, 0.717) is 12.1 Å². The molecule has 3 rings (SSSR count). The Morgan fingerprint density at radius 2 is 1.36 bits per heavy atom. The Bertz CT molecular complexity index is 378. The minimum absolute atomic E-state index is 0.695. The second kappa shape index (κ2) is 6.43. The minimum atomic E-state index is 0.695. The quantitative estimate of drug-likeness (QED) is 0.733. The topological polar surface area (TPSA) is 6.48 Å².